The van der Waals surface area contributed by atoms with Crippen LogP contribution in [0.3, 0.4) is 0 Å². The Morgan fingerprint density at radius 3 is 2.48 bits per heavy atom. The van der Waals surface area contributed by atoms with E-state index in [1.807, 2.05) is 55.5 Å². The van der Waals surface area contributed by atoms with Gasteiger partial charge in [0, 0.05) is 18.2 Å². The summed E-state index contributed by atoms with van der Waals surface area (Å²) in [5.74, 6) is 0.780. The van der Waals surface area contributed by atoms with Crippen LogP contribution in [0, 0.1) is 12.8 Å². The Labute approximate surface area is 194 Å². The van der Waals surface area contributed by atoms with Crippen molar-refractivity contribution in [2.75, 3.05) is 25.6 Å². The van der Waals surface area contributed by atoms with Crippen LogP contribution in [0.15, 0.2) is 71.6 Å². The molecule has 0 spiro atoms. The number of methoxy groups -OCH3 is 1. The van der Waals surface area contributed by atoms with Crippen molar-refractivity contribution >= 4 is 15.7 Å². The third-order valence-corrected chi connectivity index (χ3v) is 8.97. The molecule has 0 bridgehead atoms. The number of nitrogens with one attached hydrogen (secondary N) is 1. The van der Waals surface area contributed by atoms with Crippen molar-refractivity contribution in [1.82, 2.24) is 4.31 Å². The van der Waals surface area contributed by atoms with Crippen molar-refractivity contribution in [1.29, 1.82) is 0 Å². The smallest absolute Gasteiger partial charge is 0.243 e. The monoisotopic (exact) mass is 464 g/mol. The predicted molar refractivity (Wildman–Crippen MR) is 129 cm³/mol. The van der Waals surface area contributed by atoms with Crippen molar-refractivity contribution in [2.45, 2.75) is 30.3 Å². The Bertz CT molecular complexity index is 1270. The number of benzene rings is 3. The minimum absolute atomic E-state index is 0.00703. The highest BCUT2D eigenvalue weighted by Gasteiger charge is 2.48. The second-order valence-electron chi connectivity index (χ2n) is 8.74. The fourth-order valence-electron chi connectivity index (χ4n) is 5.23. The van der Waals surface area contributed by atoms with Gasteiger partial charge in [-0.1, -0.05) is 36.4 Å². The Kier molecular flexibility index (Phi) is 5.64. The average Bonchev–Trinajstić information content (AvgIpc) is 3.30. The van der Waals surface area contributed by atoms with E-state index in [9.17, 15) is 13.5 Å². The van der Waals surface area contributed by atoms with Gasteiger partial charge in [0.25, 0.3) is 0 Å². The van der Waals surface area contributed by atoms with E-state index in [2.05, 4.69) is 11.4 Å². The first-order chi connectivity index (χ1) is 15.9. The van der Waals surface area contributed by atoms with Gasteiger partial charge in [0.1, 0.15) is 5.75 Å². The van der Waals surface area contributed by atoms with Gasteiger partial charge >= 0.3 is 0 Å². The van der Waals surface area contributed by atoms with E-state index in [1.165, 1.54) is 0 Å². The van der Waals surface area contributed by atoms with Crippen molar-refractivity contribution in [3.05, 3.63) is 77.9 Å². The van der Waals surface area contributed by atoms with E-state index in [0.29, 0.717) is 17.9 Å². The lowest BCUT2D eigenvalue weighted by Crippen LogP contribution is -2.42. The molecule has 6 nitrogen and oxygen atoms in total. The molecule has 3 aromatic carbocycles. The third-order valence-electron chi connectivity index (χ3n) is 6.93. The zero-order valence-electron chi connectivity index (χ0n) is 18.7. The first-order valence-electron chi connectivity index (χ1n) is 11.2. The zero-order valence-corrected chi connectivity index (χ0v) is 19.5. The highest BCUT2D eigenvalue weighted by atomic mass is 32.2. The van der Waals surface area contributed by atoms with Gasteiger partial charge in [-0.3, -0.25) is 0 Å². The molecule has 5 rings (SSSR count). The maximum atomic E-state index is 13.8. The summed E-state index contributed by atoms with van der Waals surface area (Å²) in [6.07, 6.45) is 0.695. The molecule has 172 valence electrons. The van der Waals surface area contributed by atoms with E-state index < -0.39 is 10.0 Å². The largest absolute Gasteiger partial charge is 0.497 e. The Morgan fingerprint density at radius 2 is 1.79 bits per heavy atom. The molecule has 2 aliphatic rings. The third kappa shape index (κ3) is 3.70. The number of fused-ring (bicyclic) bond motifs is 3. The summed E-state index contributed by atoms with van der Waals surface area (Å²) < 4.78 is 34.5. The first-order valence-corrected chi connectivity index (χ1v) is 12.6. The Balaban J connectivity index is 1.60. The van der Waals surface area contributed by atoms with Crippen molar-refractivity contribution in [3.63, 3.8) is 0 Å². The molecule has 2 heterocycles. The molecule has 3 atom stereocenters. The fourth-order valence-corrected chi connectivity index (χ4v) is 7.12. The van der Waals surface area contributed by atoms with Gasteiger partial charge in [-0.15, -0.1) is 0 Å². The van der Waals surface area contributed by atoms with Crippen LogP contribution in [-0.2, 0) is 10.0 Å². The number of hydrogen-bond donors (Lipinski definition) is 2. The molecule has 33 heavy (non-hydrogen) atoms. The second-order valence-corrected chi connectivity index (χ2v) is 10.6. The fraction of sp³-hybridized carbons (Fsp3) is 0.308. The van der Waals surface area contributed by atoms with E-state index >= 15 is 0 Å². The van der Waals surface area contributed by atoms with E-state index in [0.717, 1.165) is 33.7 Å². The summed E-state index contributed by atoms with van der Waals surface area (Å²) in [5, 5.41) is 13.5. The summed E-state index contributed by atoms with van der Waals surface area (Å²) in [4.78, 5) is 0.345. The normalized spacial score (nSPS) is 22.3. The molecule has 2 N–H and O–H groups in total. The zero-order chi connectivity index (χ0) is 23.2. The molecule has 0 aliphatic carbocycles. The number of rotatable bonds is 5. The van der Waals surface area contributed by atoms with Gasteiger partial charge in [-0.25, -0.2) is 8.42 Å². The summed E-state index contributed by atoms with van der Waals surface area (Å²) in [6.45, 7) is 2.21. The van der Waals surface area contributed by atoms with Crippen LogP contribution in [0.1, 0.15) is 23.6 Å². The minimum atomic E-state index is -3.69. The lowest BCUT2D eigenvalue weighted by Gasteiger charge is -2.39. The Morgan fingerprint density at radius 1 is 1.06 bits per heavy atom. The standard InChI is InChI=1S/C26H28N2O4S/c1-17-5-3-4-6-25(17)33(30,31)28-14-13-21-24(16-29)27-23-12-9-19(15-22(23)26(21)28)18-7-10-20(32-2)11-8-18/h3-12,15,21,24,26-27,29H,13-14,16H2,1-2H3/t21-,24-,26-/m0/s1. The maximum absolute atomic E-state index is 13.8. The molecule has 0 amide bonds. The van der Waals surface area contributed by atoms with Crippen LogP contribution in [-0.4, -0.2) is 44.1 Å². The number of hydrogen-bond acceptors (Lipinski definition) is 5. The maximum Gasteiger partial charge on any atom is 0.243 e. The molecular formula is C26H28N2O4S. The molecule has 3 aromatic rings. The lowest BCUT2D eigenvalue weighted by atomic mass is 9.82. The van der Waals surface area contributed by atoms with Crippen LogP contribution in [0.5, 0.6) is 5.75 Å². The van der Waals surface area contributed by atoms with Gasteiger partial charge < -0.3 is 15.2 Å². The molecule has 0 saturated carbocycles. The number of aliphatic hydroxyl groups excluding tert-OH is 1. The Hall–Kier alpha value is -2.87. The molecule has 0 aromatic heterocycles. The summed E-state index contributed by atoms with van der Waals surface area (Å²) >= 11 is 0. The molecule has 1 saturated heterocycles. The lowest BCUT2D eigenvalue weighted by molar-refractivity contribution is 0.210. The molecule has 2 aliphatic heterocycles. The van der Waals surface area contributed by atoms with E-state index in [1.54, 1.807) is 23.5 Å². The molecule has 7 heteroatoms. The summed E-state index contributed by atoms with van der Waals surface area (Å²) in [6, 6.07) is 20.5. The highest BCUT2D eigenvalue weighted by Crippen LogP contribution is 2.49. The van der Waals surface area contributed by atoms with Crippen molar-refractivity contribution in [3.8, 4) is 16.9 Å². The number of nitrogens with zero attached hydrogens (tertiary/aromatic N) is 1. The van der Waals surface area contributed by atoms with Crippen molar-refractivity contribution in [2.24, 2.45) is 5.92 Å². The number of sulfonamides is 1. The number of aryl methyl sites for hydroxylation is 1. The molecule has 1 fully saturated rings. The number of anilines is 1. The number of aliphatic hydroxyl groups is 1. The summed E-state index contributed by atoms with van der Waals surface area (Å²) in [7, 11) is -2.05. The van der Waals surface area contributed by atoms with Crippen molar-refractivity contribution < 1.29 is 18.3 Å². The first kappa shape index (κ1) is 21.9. The van der Waals surface area contributed by atoms with Crippen LogP contribution in [0.2, 0.25) is 0 Å². The topological polar surface area (TPSA) is 78.9 Å². The average molecular weight is 465 g/mol. The van der Waals surface area contributed by atoms with E-state index in [4.69, 9.17) is 4.74 Å². The van der Waals surface area contributed by atoms with E-state index in [-0.39, 0.29) is 24.6 Å². The quantitative estimate of drug-likeness (QED) is 0.591. The van der Waals surface area contributed by atoms with Gasteiger partial charge in [0.05, 0.1) is 30.7 Å². The summed E-state index contributed by atoms with van der Waals surface area (Å²) in [5.41, 5.74) is 4.61. The predicted octanol–water partition coefficient (Wildman–Crippen LogP) is 4.21. The van der Waals surface area contributed by atoms with Gasteiger partial charge in [-0.05, 0) is 65.9 Å². The van der Waals surface area contributed by atoms with Gasteiger partial charge in [-0.2, -0.15) is 4.31 Å². The molecular weight excluding hydrogens is 436 g/mol. The second kappa shape index (κ2) is 8.48. The molecule has 0 radical (unpaired) electrons. The van der Waals surface area contributed by atoms with Gasteiger partial charge in [0.2, 0.25) is 10.0 Å². The van der Waals surface area contributed by atoms with Crippen LogP contribution >= 0.6 is 0 Å². The molecule has 0 unspecified atom stereocenters. The van der Waals surface area contributed by atoms with Gasteiger partial charge in [0.15, 0.2) is 0 Å². The van der Waals surface area contributed by atoms with Crippen LogP contribution < -0.4 is 10.1 Å². The highest BCUT2D eigenvalue weighted by molar-refractivity contribution is 7.89. The van der Waals surface area contributed by atoms with Crippen LogP contribution in [0.25, 0.3) is 11.1 Å². The van der Waals surface area contributed by atoms with Crippen LogP contribution in [0.4, 0.5) is 5.69 Å². The SMILES string of the molecule is COc1ccc(-c2ccc3c(c2)[C@@H]2[C@@H](CCN2S(=O)(=O)c2ccccc2C)[C@H](CO)N3)cc1. The minimum Gasteiger partial charge on any atom is -0.497 e. The number of ether oxygens (including phenoxy) is 1.